The summed E-state index contributed by atoms with van der Waals surface area (Å²) >= 11 is 3.97. The maximum absolute atomic E-state index is 10.7. The minimum absolute atomic E-state index is 0.251. The van der Waals surface area contributed by atoms with E-state index in [9.17, 15) is 4.79 Å². The van der Waals surface area contributed by atoms with Crippen LogP contribution in [0.15, 0.2) is 0 Å². The zero-order chi connectivity index (χ0) is 8.39. The molecule has 0 unspecified atom stereocenters. The van der Waals surface area contributed by atoms with Gasteiger partial charge < -0.3 is 10.1 Å². The fourth-order valence-corrected chi connectivity index (χ4v) is 4.32. The summed E-state index contributed by atoms with van der Waals surface area (Å²) in [4.78, 5) is 10.7. The van der Waals surface area contributed by atoms with Crippen LogP contribution in [-0.4, -0.2) is 34.8 Å². The molecule has 12 heavy (non-hydrogen) atoms. The zero-order valence-corrected chi connectivity index (χ0v) is 8.25. The molecule has 3 nitrogen and oxygen atoms in total. The van der Waals surface area contributed by atoms with Gasteiger partial charge in [-0.15, -0.1) is 23.5 Å². The van der Waals surface area contributed by atoms with Crippen LogP contribution in [0.3, 0.4) is 0 Å². The molecule has 2 aliphatic rings. The molecule has 2 heterocycles. The Morgan fingerprint density at radius 2 is 2.25 bits per heavy atom. The summed E-state index contributed by atoms with van der Waals surface area (Å²) in [5.74, 6) is 2.49. The van der Waals surface area contributed by atoms with E-state index in [0.29, 0.717) is 11.2 Å². The summed E-state index contributed by atoms with van der Waals surface area (Å²) in [6, 6.07) is 0.251. The molecular formula is C7H11NO2S2. The minimum atomic E-state index is -0.256. The normalized spacial score (nSPS) is 30.3. The van der Waals surface area contributed by atoms with E-state index in [0.717, 1.165) is 6.42 Å². The van der Waals surface area contributed by atoms with E-state index in [1.54, 1.807) is 0 Å². The first-order chi connectivity index (χ1) is 5.84. The molecule has 1 atom stereocenters. The van der Waals surface area contributed by atoms with Crippen molar-refractivity contribution in [1.82, 2.24) is 5.32 Å². The van der Waals surface area contributed by atoms with Crippen molar-refractivity contribution in [3.63, 3.8) is 0 Å². The Labute approximate surface area is 80.0 Å². The fraction of sp³-hybridized carbons (Fsp3) is 0.857. The molecule has 0 aromatic heterocycles. The van der Waals surface area contributed by atoms with Gasteiger partial charge in [-0.25, -0.2) is 4.79 Å². The first kappa shape index (κ1) is 8.56. The van der Waals surface area contributed by atoms with Gasteiger partial charge in [-0.2, -0.15) is 0 Å². The van der Waals surface area contributed by atoms with Gasteiger partial charge in [0.1, 0.15) is 6.61 Å². The average Bonchev–Trinajstić information content (AvgIpc) is 2.63. The van der Waals surface area contributed by atoms with Gasteiger partial charge in [-0.3, -0.25) is 0 Å². The first-order valence-corrected chi connectivity index (χ1v) is 6.11. The smallest absolute Gasteiger partial charge is 0.407 e. The van der Waals surface area contributed by atoms with E-state index < -0.39 is 0 Å². The van der Waals surface area contributed by atoms with E-state index in [1.165, 1.54) is 11.5 Å². The second-order valence-corrected chi connectivity index (χ2v) is 5.77. The summed E-state index contributed by atoms with van der Waals surface area (Å²) in [6.07, 6.45) is 0.786. The van der Waals surface area contributed by atoms with Crippen LogP contribution in [0.4, 0.5) is 4.79 Å². The van der Waals surface area contributed by atoms with E-state index >= 15 is 0 Å². The van der Waals surface area contributed by atoms with Gasteiger partial charge in [0.15, 0.2) is 0 Å². The van der Waals surface area contributed by atoms with Gasteiger partial charge in [0.25, 0.3) is 0 Å². The van der Waals surface area contributed by atoms with Crippen LogP contribution in [0.1, 0.15) is 6.42 Å². The number of amides is 1. The third-order valence-corrected chi connectivity index (χ3v) is 4.99. The molecule has 5 heteroatoms. The van der Waals surface area contributed by atoms with Crippen molar-refractivity contribution in [3.8, 4) is 0 Å². The highest BCUT2D eigenvalue weighted by Gasteiger charge is 2.27. The second-order valence-electron chi connectivity index (χ2n) is 2.85. The Kier molecular flexibility index (Phi) is 2.70. The second kappa shape index (κ2) is 3.79. The molecule has 0 spiro atoms. The number of carbonyl (C=O) groups excluding carboxylic acids is 1. The topological polar surface area (TPSA) is 38.3 Å². The number of ether oxygens (including phenoxy) is 1. The Morgan fingerprint density at radius 1 is 1.50 bits per heavy atom. The number of cyclic esters (lactones) is 1. The highest BCUT2D eigenvalue weighted by molar-refractivity contribution is 8.20. The number of hydrogen-bond acceptors (Lipinski definition) is 4. The molecule has 1 amide bonds. The van der Waals surface area contributed by atoms with Crippen molar-refractivity contribution in [3.05, 3.63) is 0 Å². The molecule has 0 aliphatic carbocycles. The molecule has 2 aliphatic heterocycles. The molecule has 2 saturated heterocycles. The SMILES string of the molecule is O=C1N[C@@H](CC2SCCS2)CO1. The maximum atomic E-state index is 10.7. The molecule has 2 rings (SSSR count). The molecule has 0 aromatic rings. The maximum Gasteiger partial charge on any atom is 0.407 e. The van der Waals surface area contributed by atoms with Gasteiger partial charge in [0, 0.05) is 11.5 Å². The number of alkyl carbamates (subject to hydrolysis) is 1. The predicted octanol–water partition coefficient (Wildman–Crippen LogP) is 1.29. The average molecular weight is 205 g/mol. The largest absolute Gasteiger partial charge is 0.447 e. The lowest BCUT2D eigenvalue weighted by Gasteiger charge is -2.11. The van der Waals surface area contributed by atoms with E-state index in [1.807, 2.05) is 23.5 Å². The van der Waals surface area contributed by atoms with Crippen LogP contribution in [0.2, 0.25) is 0 Å². The lowest BCUT2D eigenvalue weighted by molar-refractivity contribution is 0.176. The number of carbonyl (C=O) groups is 1. The highest BCUT2D eigenvalue weighted by Crippen LogP contribution is 2.35. The lowest BCUT2D eigenvalue weighted by atomic mass is 10.2. The van der Waals surface area contributed by atoms with Gasteiger partial charge >= 0.3 is 6.09 Å². The van der Waals surface area contributed by atoms with Gasteiger partial charge in [0.2, 0.25) is 0 Å². The van der Waals surface area contributed by atoms with Gasteiger partial charge in [-0.1, -0.05) is 0 Å². The third-order valence-electron chi connectivity index (χ3n) is 1.91. The van der Waals surface area contributed by atoms with Crippen molar-refractivity contribution in [2.75, 3.05) is 18.1 Å². The molecule has 0 saturated carbocycles. The molecular weight excluding hydrogens is 194 g/mol. The Hall–Kier alpha value is -0.0300. The summed E-state index contributed by atoms with van der Waals surface area (Å²) in [5, 5.41) is 2.79. The van der Waals surface area contributed by atoms with Crippen LogP contribution in [0.25, 0.3) is 0 Å². The summed E-state index contributed by atoms with van der Waals surface area (Å²) in [5.41, 5.74) is 0. The summed E-state index contributed by atoms with van der Waals surface area (Å²) in [6.45, 7) is 0.552. The van der Waals surface area contributed by atoms with Crippen LogP contribution < -0.4 is 5.32 Å². The molecule has 68 valence electrons. The minimum Gasteiger partial charge on any atom is -0.447 e. The monoisotopic (exact) mass is 205 g/mol. The van der Waals surface area contributed by atoms with Gasteiger partial charge in [-0.05, 0) is 6.42 Å². The Balaban J connectivity index is 1.75. The number of nitrogens with one attached hydrogen (secondary N) is 1. The highest BCUT2D eigenvalue weighted by atomic mass is 32.2. The lowest BCUT2D eigenvalue weighted by Crippen LogP contribution is -2.28. The van der Waals surface area contributed by atoms with Crippen molar-refractivity contribution in [2.24, 2.45) is 0 Å². The van der Waals surface area contributed by atoms with Crippen LogP contribution >= 0.6 is 23.5 Å². The molecule has 0 aromatic carbocycles. The zero-order valence-electron chi connectivity index (χ0n) is 6.62. The summed E-state index contributed by atoms with van der Waals surface area (Å²) in [7, 11) is 0. The van der Waals surface area contributed by atoms with E-state index in [4.69, 9.17) is 4.74 Å². The first-order valence-electron chi connectivity index (χ1n) is 4.01. The Morgan fingerprint density at radius 3 is 2.83 bits per heavy atom. The van der Waals surface area contributed by atoms with Crippen LogP contribution in [0, 0.1) is 0 Å². The van der Waals surface area contributed by atoms with Crippen LogP contribution in [-0.2, 0) is 4.74 Å². The molecule has 0 bridgehead atoms. The van der Waals surface area contributed by atoms with Crippen molar-refractivity contribution in [2.45, 2.75) is 17.0 Å². The van der Waals surface area contributed by atoms with Crippen molar-refractivity contribution < 1.29 is 9.53 Å². The quantitative estimate of drug-likeness (QED) is 0.737. The molecule has 0 radical (unpaired) electrons. The number of rotatable bonds is 2. The third kappa shape index (κ3) is 2.01. The fourth-order valence-electron chi connectivity index (χ4n) is 1.33. The van der Waals surface area contributed by atoms with Crippen molar-refractivity contribution in [1.29, 1.82) is 0 Å². The van der Waals surface area contributed by atoms with Crippen molar-refractivity contribution >= 4 is 29.6 Å². The molecule has 1 N–H and O–H groups in total. The number of thioether (sulfide) groups is 2. The number of hydrogen-bond donors (Lipinski definition) is 1. The van der Waals surface area contributed by atoms with E-state index in [-0.39, 0.29) is 12.1 Å². The van der Waals surface area contributed by atoms with E-state index in [2.05, 4.69) is 5.32 Å². The molecule has 2 fully saturated rings. The Bertz CT molecular complexity index is 182. The summed E-state index contributed by atoms with van der Waals surface area (Å²) < 4.78 is 5.47. The predicted molar refractivity (Wildman–Crippen MR) is 51.6 cm³/mol. The van der Waals surface area contributed by atoms with Gasteiger partial charge in [0.05, 0.1) is 10.6 Å². The standard InChI is InChI=1S/C7H11NO2S2/c9-7-8-5(4-10-7)3-6-11-1-2-12-6/h5-6H,1-4H2,(H,8,9)/t5-/m0/s1. The van der Waals surface area contributed by atoms with Crippen LogP contribution in [0.5, 0.6) is 0 Å².